The minimum absolute atomic E-state index is 0.0370. The van der Waals surface area contributed by atoms with Gasteiger partial charge in [0.05, 0.1) is 23.8 Å². The average Bonchev–Trinajstić information content (AvgIpc) is 3.15. The van der Waals surface area contributed by atoms with Crippen molar-refractivity contribution in [1.29, 1.82) is 5.26 Å². The highest BCUT2D eigenvalue weighted by Crippen LogP contribution is 2.53. The topological polar surface area (TPSA) is 89.9 Å². The summed E-state index contributed by atoms with van der Waals surface area (Å²) in [5, 5.41) is 9.87. The monoisotopic (exact) mass is 451 g/mol. The zero-order valence-corrected chi connectivity index (χ0v) is 18.9. The third kappa shape index (κ3) is 3.60. The van der Waals surface area contributed by atoms with Crippen molar-refractivity contribution in [1.82, 2.24) is 0 Å². The Kier molecular flexibility index (Phi) is 5.27. The van der Waals surface area contributed by atoms with Crippen molar-refractivity contribution in [3.63, 3.8) is 0 Å². The molecule has 0 aromatic heterocycles. The molecule has 2 aromatic carbocycles. The molecule has 0 amide bonds. The quantitative estimate of drug-likeness (QED) is 0.725. The van der Waals surface area contributed by atoms with Crippen LogP contribution in [0, 0.1) is 17.2 Å². The van der Waals surface area contributed by atoms with Crippen LogP contribution >= 0.6 is 11.6 Å². The first-order chi connectivity index (χ1) is 15.4. The third-order valence-electron chi connectivity index (χ3n) is 6.65. The number of hydrogen-bond donors (Lipinski definition) is 1. The van der Waals surface area contributed by atoms with Crippen LogP contribution in [0.3, 0.4) is 0 Å². The first kappa shape index (κ1) is 21.1. The van der Waals surface area contributed by atoms with E-state index in [9.17, 15) is 5.26 Å². The van der Waals surface area contributed by atoms with Gasteiger partial charge in [-0.2, -0.15) is 5.26 Å². The van der Waals surface area contributed by atoms with Crippen LogP contribution in [-0.4, -0.2) is 30.9 Å². The number of hydrogen-bond acceptors (Lipinski definition) is 6. The zero-order valence-electron chi connectivity index (χ0n) is 18.2. The van der Waals surface area contributed by atoms with Gasteiger partial charge >= 0.3 is 0 Å². The fourth-order valence-electron chi connectivity index (χ4n) is 5.36. The molecule has 2 aromatic rings. The maximum Gasteiger partial charge on any atom is 0.283 e. The second-order valence-electron chi connectivity index (χ2n) is 9.10. The van der Waals surface area contributed by atoms with E-state index in [0.717, 1.165) is 41.7 Å². The van der Waals surface area contributed by atoms with E-state index in [2.05, 4.69) is 26.0 Å². The molecule has 166 valence electrons. The van der Waals surface area contributed by atoms with E-state index in [-0.39, 0.29) is 30.3 Å². The van der Waals surface area contributed by atoms with E-state index in [1.54, 1.807) is 6.07 Å². The summed E-state index contributed by atoms with van der Waals surface area (Å²) in [5.41, 5.74) is 8.71. The van der Waals surface area contributed by atoms with Crippen LogP contribution in [0.2, 0.25) is 5.02 Å². The maximum absolute atomic E-state index is 9.35. The highest BCUT2D eigenvalue weighted by Gasteiger charge is 2.55. The van der Waals surface area contributed by atoms with Gasteiger partial charge in [0, 0.05) is 16.5 Å². The van der Waals surface area contributed by atoms with Crippen LogP contribution < -0.4 is 10.5 Å². The molecule has 2 aliphatic heterocycles. The Morgan fingerprint density at radius 3 is 2.78 bits per heavy atom. The molecule has 3 aliphatic rings. The number of amidine groups is 1. The Labute approximate surface area is 192 Å². The number of rotatable bonds is 3. The summed E-state index contributed by atoms with van der Waals surface area (Å²) in [7, 11) is 0. The van der Waals surface area contributed by atoms with Crippen LogP contribution in [0.5, 0.6) is 5.75 Å². The molecule has 32 heavy (non-hydrogen) atoms. The van der Waals surface area contributed by atoms with Gasteiger partial charge in [-0.1, -0.05) is 17.7 Å². The molecule has 2 heterocycles. The fraction of sp³-hybridized carbons (Fsp3) is 0.440. The Morgan fingerprint density at radius 1 is 1.22 bits per heavy atom. The predicted octanol–water partition coefficient (Wildman–Crippen LogP) is 4.77. The summed E-state index contributed by atoms with van der Waals surface area (Å²) < 4.78 is 18.4. The highest BCUT2D eigenvalue weighted by molar-refractivity contribution is 6.31. The van der Waals surface area contributed by atoms with Gasteiger partial charge in [-0.05, 0) is 74.6 Å². The predicted molar refractivity (Wildman–Crippen MR) is 123 cm³/mol. The molecule has 2 N–H and O–H groups in total. The first-order valence-corrected chi connectivity index (χ1v) is 11.4. The lowest BCUT2D eigenvalue weighted by atomic mass is 9.67. The van der Waals surface area contributed by atoms with E-state index < -0.39 is 5.54 Å². The van der Waals surface area contributed by atoms with Gasteiger partial charge in [0.2, 0.25) is 0 Å². The molecule has 7 heteroatoms. The van der Waals surface area contributed by atoms with Crippen LogP contribution in [0.1, 0.15) is 44.2 Å². The van der Waals surface area contributed by atoms with Crippen molar-refractivity contribution < 1.29 is 14.2 Å². The summed E-state index contributed by atoms with van der Waals surface area (Å²) in [6, 6.07) is 13.8. The van der Waals surface area contributed by atoms with E-state index in [1.807, 2.05) is 24.3 Å². The van der Waals surface area contributed by atoms with E-state index in [1.165, 1.54) is 0 Å². The number of ether oxygens (including phenoxy) is 3. The lowest BCUT2D eigenvalue weighted by Crippen LogP contribution is -2.52. The van der Waals surface area contributed by atoms with E-state index in [4.69, 9.17) is 36.5 Å². The molecule has 1 spiro atoms. The zero-order chi connectivity index (χ0) is 22.5. The smallest absolute Gasteiger partial charge is 0.283 e. The van der Waals surface area contributed by atoms with E-state index >= 15 is 0 Å². The Balaban J connectivity index is 1.60. The Hall–Kier alpha value is -2.75. The number of nitrogens with zero attached hydrogens (tertiary/aromatic N) is 2. The summed E-state index contributed by atoms with van der Waals surface area (Å²) >= 11 is 6.26. The lowest BCUT2D eigenvalue weighted by Gasteiger charge is -2.48. The first-order valence-electron chi connectivity index (χ1n) is 11.0. The maximum atomic E-state index is 9.35. The fourth-order valence-corrected chi connectivity index (χ4v) is 5.60. The van der Waals surface area contributed by atoms with Gasteiger partial charge in [0.1, 0.15) is 24.0 Å². The molecule has 6 nitrogen and oxygen atoms in total. The molecule has 1 saturated carbocycles. The number of nitrogens with two attached hydrogens (primary N) is 1. The molecule has 1 aliphatic carbocycles. The molecule has 0 bridgehead atoms. The summed E-state index contributed by atoms with van der Waals surface area (Å²) in [6.45, 7) is 4.51. The second-order valence-corrected chi connectivity index (χ2v) is 9.53. The minimum Gasteiger partial charge on any atom is -0.490 e. The van der Waals surface area contributed by atoms with Crippen molar-refractivity contribution >= 4 is 17.6 Å². The molecular weight excluding hydrogens is 426 g/mol. The van der Waals surface area contributed by atoms with Crippen molar-refractivity contribution in [2.24, 2.45) is 16.6 Å². The summed E-state index contributed by atoms with van der Waals surface area (Å²) in [5.74, 6) is 0.903. The molecule has 4 atom stereocenters. The SMILES string of the molecule is CC(C)OC1CCC2Oc3ccc(-c4cc(Cl)cc(C#N)c4)cc3C3(COC(N)=N3)C2C1. The number of benzene rings is 2. The molecule has 1 fully saturated rings. The van der Waals surface area contributed by atoms with Crippen molar-refractivity contribution in [3.8, 4) is 22.9 Å². The number of nitriles is 1. The standard InChI is InChI=1S/C25H26ClN3O3/c1-14(2)31-19-4-6-23-21(11-19)25(13-30-24(28)29-25)20-10-16(3-5-22(20)32-23)17-7-15(12-27)8-18(26)9-17/h3,5,7-10,14,19,21,23H,4,6,11,13H2,1-2H3,(H2,28,29). The van der Waals surface area contributed by atoms with Crippen LogP contribution in [0.4, 0.5) is 0 Å². The minimum atomic E-state index is -0.617. The third-order valence-corrected chi connectivity index (χ3v) is 6.87. The normalized spacial score (nSPS) is 28.3. The van der Waals surface area contributed by atoms with Gasteiger partial charge in [-0.15, -0.1) is 0 Å². The highest BCUT2D eigenvalue weighted by atomic mass is 35.5. The largest absolute Gasteiger partial charge is 0.490 e. The van der Waals surface area contributed by atoms with Gasteiger partial charge in [-0.25, -0.2) is 4.99 Å². The van der Waals surface area contributed by atoms with Crippen molar-refractivity contribution in [2.45, 2.75) is 57.0 Å². The second kappa shape index (κ2) is 7.99. The Bertz CT molecular complexity index is 1130. The van der Waals surface area contributed by atoms with Gasteiger partial charge < -0.3 is 19.9 Å². The van der Waals surface area contributed by atoms with Crippen LogP contribution in [0.25, 0.3) is 11.1 Å². The van der Waals surface area contributed by atoms with Crippen LogP contribution in [0.15, 0.2) is 41.4 Å². The number of aliphatic imine (C=N–C) groups is 1. The van der Waals surface area contributed by atoms with Crippen LogP contribution in [-0.2, 0) is 15.0 Å². The van der Waals surface area contributed by atoms with Gasteiger partial charge in [-0.3, -0.25) is 0 Å². The molecular formula is C25H26ClN3O3. The molecule has 0 saturated heterocycles. The van der Waals surface area contributed by atoms with E-state index in [0.29, 0.717) is 17.2 Å². The summed E-state index contributed by atoms with van der Waals surface area (Å²) in [4.78, 5) is 4.86. The Morgan fingerprint density at radius 2 is 2.06 bits per heavy atom. The number of fused-ring (bicyclic) bond motifs is 4. The van der Waals surface area contributed by atoms with Gasteiger partial charge in [0.15, 0.2) is 0 Å². The van der Waals surface area contributed by atoms with Crippen molar-refractivity contribution in [3.05, 3.63) is 52.5 Å². The molecule has 0 radical (unpaired) electrons. The number of halogens is 1. The average molecular weight is 452 g/mol. The van der Waals surface area contributed by atoms with Gasteiger partial charge in [0.25, 0.3) is 6.02 Å². The van der Waals surface area contributed by atoms with Crippen molar-refractivity contribution in [2.75, 3.05) is 6.61 Å². The summed E-state index contributed by atoms with van der Waals surface area (Å²) in [6.07, 6.45) is 3.06. The molecule has 4 unspecified atom stereocenters. The lowest BCUT2D eigenvalue weighted by molar-refractivity contribution is -0.0791. The molecule has 5 rings (SSSR count).